The molecule has 0 saturated heterocycles. The number of carbonyl (C=O) groups excluding carboxylic acids is 1. The second kappa shape index (κ2) is 7.02. The quantitative estimate of drug-likeness (QED) is 0.828. The molecule has 1 N–H and O–H groups in total. The van der Waals surface area contributed by atoms with Crippen LogP contribution in [0.2, 0.25) is 0 Å². The minimum atomic E-state index is -0.0721. The molecule has 0 atom stereocenters. The van der Waals surface area contributed by atoms with Crippen LogP contribution in [0.1, 0.15) is 10.5 Å². The fraction of sp³-hybridized carbons (Fsp3) is 0.429. The molecule has 0 aromatic carbocycles. The van der Waals surface area contributed by atoms with Crippen molar-refractivity contribution in [1.29, 1.82) is 0 Å². The van der Waals surface area contributed by atoms with E-state index in [0.29, 0.717) is 32.0 Å². The molecule has 2 heterocycles. The van der Waals surface area contributed by atoms with Gasteiger partial charge in [0.25, 0.3) is 5.91 Å². The van der Waals surface area contributed by atoms with Crippen LogP contribution < -0.4 is 0 Å². The van der Waals surface area contributed by atoms with E-state index in [1.807, 2.05) is 12.1 Å². The summed E-state index contributed by atoms with van der Waals surface area (Å²) in [6, 6.07) is 5.50. The number of fused-ring (bicyclic) bond motifs is 1. The molecule has 6 heteroatoms. The van der Waals surface area contributed by atoms with Crippen molar-refractivity contribution >= 4 is 16.9 Å². The van der Waals surface area contributed by atoms with Gasteiger partial charge >= 0.3 is 0 Å². The van der Waals surface area contributed by atoms with E-state index in [1.54, 1.807) is 31.4 Å². The summed E-state index contributed by atoms with van der Waals surface area (Å²) in [5.74, 6) is -0.0721. The lowest BCUT2D eigenvalue weighted by Gasteiger charge is -2.21. The van der Waals surface area contributed by atoms with Crippen molar-refractivity contribution in [2.75, 3.05) is 40.5 Å². The second-order valence-electron chi connectivity index (χ2n) is 4.40. The van der Waals surface area contributed by atoms with Crippen LogP contribution in [0.4, 0.5) is 0 Å². The summed E-state index contributed by atoms with van der Waals surface area (Å²) in [6.07, 6.45) is 1.71. The summed E-state index contributed by atoms with van der Waals surface area (Å²) in [5, 5.41) is 0. The average molecular weight is 277 g/mol. The standard InChI is InChI=1S/C14H19N3O3/c1-19-8-6-17(7-9-20-2)14(18)13-10-12-11(16-13)4-3-5-15-12/h3-5,10,16H,6-9H2,1-2H3. The van der Waals surface area contributed by atoms with Crippen molar-refractivity contribution in [3.05, 3.63) is 30.1 Å². The van der Waals surface area contributed by atoms with Gasteiger partial charge in [-0.25, -0.2) is 0 Å². The largest absolute Gasteiger partial charge is 0.383 e. The number of hydrogen-bond donors (Lipinski definition) is 1. The highest BCUT2D eigenvalue weighted by atomic mass is 16.5. The smallest absolute Gasteiger partial charge is 0.270 e. The molecular weight excluding hydrogens is 258 g/mol. The molecule has 0 aliphatic carbocycles. The first-order valence-corrected chi connectivity index (χ1v) is 6.47. The zero-order valence-corrected chi connectivity index (χ0v) is 11.8. The van der Waals surface area contributed by atoms with Gasteiger partial charge in [0.05, 0.1) is 24.2 Å². The Morgan fingerprint density at radius 1 is 1.30 bits per heavy atom. The number of nitrogens with one attached hydrogen (secondary N) is 1. The second-order valence-corrected chi connectivity index (χ2v) is 4.40. The van der Waals surface area contributed by atoms with Gasteiger partial charge < -0.3 is 19.4 Å². The van der Waals surface area contributed by atoms with Crippen molar-refractivity contribution in [2.24, 2.45) is 0 Å². The molecule has 0 saturated carbocycles. The van der Waals surface area contributed by atoms with E-state index < -0.39 is 0 Å². The molecule has 0 bridgehead atoms. The highest BCUT2D eigenvalue weighted by Gasteiger charge is 2.17. The SMILES string of the molecule is COCCN(CCOC)C(=O)c1cc2ncccc2[nH]1. The topological polar surface area (TPSA) is 67.5 Å². The number of carbonyl (C=O) groups is 1. The van der Waals surface area contributed by atoms with Crippen LogP contribution in [0.25, 0.3) is 11.0 Å². The van der Waals surface area contributed by atoms with Gasteiger partial charge in [0.15, 0.2) is 0 Å². The molecule has 20 heavy (non-hydrogen) atoms. The fourth-order valence-corrected chi connectivity index (χ4v) is 1.96. The number of ether oxygens (including phenoxy) is 2. The zero-order chi connectivity index (χ0) is 14.4. The number of pyridine rings is 1. The number of aromatic nitrogens is 2. The molecule has 0 aliphatic heterocycles. The molecule has 2 rings (SSSR count). The molecule has 0 spiro atoms. The maximum absolute atomic E-state index is 12.5. The van der Waals surface area contributed by atoms with E-state index in [9.17, 15) is 4.79 Å². The first kappa shape index (κ1) is 14.5. The number of methoxy groups -OCH3 is 2. The molecule has 0 aliphatic rings. The van der Waals surface area contributed by atoms with Crippen LogP contribution in [-0.4, -0.2) is 61.3 Å². The number of aromatic amines is 1. The maximum Gasteiger partial charge on any atom is 0.270 e. The van der Waals surface area contributed by atoms with E-state index >= 15 is 0 Å². The summed E-state index contributed by atoms with van der Waals surface area (Å²) in [6.45, 7) is 2.05. The molecule has 0 radical (unpaired) electrons. The van der Waals surface area contributed by atoms with Crippen molar-refractivity contribution in [3.63, 3.8) is 0 Å². The van der Waals surface area contributed by atoms with Crippen LogP contribution in [0.5, 0.6) is 0 Å². The highest BCUT2D eigenvalue weighted by Crippen LogP contribution is 2.13. The number of amides is 1. The summed E-state index contributed by atoms with van der Waals surface area (Å²) in [5.41, 5.74) is 2.18. The Morgan fingerprint density at radius 3 is 2.60 bits per heavy atom. The zero-order valence-electron chi connectivity index (χ0n) is 11.8. The minimum Gasteiger partial charge on any atom is -0.383 e. The Labute approximate surface area is 117 Å². The number of H-pyrrole nitrogens is 1. The fourth-order valence-electron chi connectivity index (χ4n) is 1.96. The minimum absolute atomic E-state index is 0.0721. The highest BCUT2D eigenvalue weighted by molar-refractivity contribution is 5.97. The van der Waals surface area contributed by atoms with Crippen molar-refractivity contribution in [2.45, 2.75) is 0 Å². The predicted molar refractivity (Wildman–Crippen MR) is 75.7 cm³/mol. The van der Waals surface area contributed by atoms with E-state index in [1.165, 1.54) is 0 Å². The lowest BCUT2D eigenvalue weighted by Crippen LogP contribution is -2.36. The number of nitrogens with zero attached hydrogens (tertiary/aromatic N) is 2. The summed E-state index contributed by atoms with van der Waals surface area (Å²) in [7, 11) is 3.23. The normalized spacial score (nSPS) is 10.9. The van der Waals surface area contributed by atoms with Gasteiger partial charge in [-0.3, -0.25) is 9.78 Å². The van der Waals surface area contributed by atoms with Crippen LogP contribution in [0, 0.1) is 0 Å². The van der Waals surface area contributed by atoms with Crippen molar-refractivity contribution < 1.29 is 14.3 Å². The van der Waals surface area contributed by atoms with Crippen LogP contribution >= 0.6 is 0 Å². The Hall–Kier alpha value is -1.92. The van der Waals surface area contributed by atoms with Crippen LogP contribution in [0.15, 0.2) is 24.4 Å². The van der Waals surface area contributed by atoms with Crippen LogP contribution in [-0.2, 0) is 9.47 Å². The Morgan fingerprint density at radius 2 is 2.00 bits per heavy atom. The molecule has 0 fully saturated rings. The number of hydrogen-bond acceptors (Lipinski definition) is 4. The lowest BCUT2D eigenvalue weighted by atomic mass is 10.3. The molecular formula is C14H19N3O3. The molecule has 1 amide bonds. The molecule has 2 aromatic rings. The van der Waals surface area contributed by atoms with Crippen LogP contribution in [0.3, 0.4) is 0 Å². The third-order valence-corrected chi connectivity index (χ3v) is 3.04. The molecule has 108 valence electrons. The van der Waals surface area contributed by atoms with Crippen molar-refractivity contribution in [1.82, 2.24) is 14.9 Å². The van der Waals surface area contributed by atoms with Gasteiger partial charge in [0.1, 0.15) is 5.69 Å². The first-order valence-electron chi connectivity index (χ1n) is 6.47. The Kier molecular flexibility index (Phi) is 5.09. The lowest BCUT2D eigenvalue weighted by molar-refractivity contribution is 0.0623. The summed E-state index contributed by atoms with van der Waals surface area (Å²) < 4.78 is 10.1. The van der Waals surface area contributed by atoms with Crippen molar-refractivity contribution in [3.8, 4) is 0 Å². The predicted octanol–water partition coefficient (Wildman–Crippen LogP) is 1.30. The van der Waals surface area contributed by atoms with Gasteiger partial charge in [-0.15, -0.1) is 0 Å². The third kappa shape index (κ3) is 3.34. The Bertz CT molecular complexity index is 527. The van der Waals surface area contributed by atoms with Gasteiger partial charge in [0.2, 0.25) is 0 Å². The first-order chi connectivity index (χ1) is 9.76. The van der Waals surface area contributed by atoms with Gasteiger partial charge in [0, 0.05) is 33.5 Å². The Balaban J connectivity index is 2.16. The summed E-state index contributed by atoms with van der Waals surface area (Å²) >= 11 is 0. The van der Waals surface area contributed by atoms with Gasteiger partial charge in [-0.05, 0) is 18.2 Å². The summed E-state index contributed by atoms with van der Waals surface area (Å²) in [4.78, 5) is 21.5. The van der Waals surface area contributed by atoms with E-state index in [2.05, 4.69) is 9.97 Å². The monoisotopic (exact) mass is 277 g/mol. The molecule has 2 aromatic heterocycles. The maximum atomic E-state index is 12.5. The van der Waals surface area contributed by atoms with Gasteiger partial charge in [-0.2, -0.15) is 0 Å². The number of rotatable bonds is 7. The molecule has 6 nitrogen and oxygen atoms in total. The third-order valence-electron chi connectivity index (χ3n) is 3.04. The average Bonchev–Trinajstić information content (AvgIpc) is 2.90. The van der Waals surface area contributed by atoms with E-state index in [0.717, 1.165) is 11.0 Å². The molecule has 0 unspecified atom stereocenters. The van der Waals surface area contributed by atoms with Gasteiger partial charge in [-0.1, -0.05) is 0 Å². The van der Waals surface area contributed by atoms with E-state index in [-0.39, 0.29) is 5.91 Å². The van der Waals surface area contributed by atoms with E-state index in [4.69, 9.17) is 9.47 Å².